The van der Waals surface area contributed by atoms with Gasteiger partial charge < -0.3 is 0 Å². The molecule has 0 radical (unpaired) electrons. The lowest BCUT2D eigenvalue weighted by molar-refractivity contribution is 0.583. The fourth-order valence-corrected chi connectivity index (χ4v) is 2.79. The lowest BCUT2D eigenvalue weighted by Crippen LogP contribution is -2.24. The zero-order chi connectivity index (χ0) is 11.5. The second-order valence-corrected chi connectivity index (χ2v) is 5.24. The monoisotopic (exact) mass is 247 g/mol. The Morgan fingerprint density at radius 3 is 2.60 bits per heavy atom. The van der Waals surface area contributed by atoms with Crippen molar-refractivity contribution in [1.82, 2.24) is 4.72 Å². The third-order valence-electron chi connectivity index (χ3n) is 2.03. The van der Waals surface area contributed by atoms with Crippen molar-refractivity contribution in [3.8, 4) is 0 Å². The number of hydrogen-bond donors (Lipinski definition) is 1. The van der Waals surface area contributed by atoms with Crippen molar-refractivity contribution in [2.24, 2.45) is 0 Å². The molecule has 5 heteroatoms. The largest absolute Gasteiger partial charge is 0.240 e. The average molecular weight is 248 g/mol. The summed E-state index contributed by atoms with van der Waals surface area (Å²) in [6.45, 7) is 3.90. The maximum Gasteiger partial charge on any atom is 0.240 e. The first kappa shape index (κ1) is 12.5. The van der Waals surface area contributed by atoms with Crippen molar-refractivity contribution in [1.29, 1.82) is 0 Å². The fraction of sp³-hybridized carbons (Fsp3) is 0.400. The molecule has 0 aliphatic rings. The van der Waals surface area contributed by atoms with Crippen LogP contribution in [0.3, 0.4) is 0 Å². The van der Waals surface area contributed by atoms with Gasteiger partial charge in [-0.2, -0.15) is 0 Å². The minimum absolute atomic E-state index is 0.308. The molecule has 0 aliphatic carbocycles. The number of sulfonamides is 1. The molecule has 0 spiro atoms. The van der Waals surface area contributed by atoms with E-state index in [0.29, 0.717) is 17.3 Å². The van der Waals surface area contributed by atoms with E-state index in [4.69, 9.17) is 11.6 Å². The highest BCUT2D eigenvalue weighted by Crippen LogP contribution is 2.17. The smallest absolute Gasteiger partial charge is 0.211 e. The fourth-order valence-electron chi connectivity index (χ4n) is 1.28. The number of hydrogen-bond acceptors (Lipinski definition) is 2. The van der Waals surface area contributed by atoms with E-state index in [1.165, 1.54) is 0 Å². The minimum Gasteiger partial charge on any atom is -0.211 e. The van der Waals surface area contributed by atoms with Gasteiger partial charge in [0, 0.05) is 12.4 Å². The summed E-state index contributed by atoms with van der Waals surface area (Å²) in [6, 6.07) is 5.20. The first-order valence-corrected chi connectivity index (χ1v) is 6.68. The highest BCUT2D eigenvalue weighted by Gasteiger charge is 2.15. The average Bonchev–Trinajstić information content (AvgIpc) is 2.18. The van der Waals surface area contributed by atoms with Crippen molar-refractivity contribution in [3.63, 3.8) is 0 Å². The maximum atomic E-state index is 11.8. The van der Waals surface area contributed by atoms with Crippen molar-refractivity contribution >= 4 is 21.6 Å². The van der Waals surface area contributed by atoms with Crippen molar-refractivity contribution < 1.29 is 8.42 Å². The molecular formula is C10H14ClNO2S. The molecule has 1 aromatic rings. The molecule has 0 fully saturated rings. The van der Waals surface area contributed by atoms with Gasteiger partial charge in [-0.25, -0.2) is 13.1 Å². The summed E-state index contributed by atoms with van der Waals surface area (Å²) in [4.78, 5) is 0.308. The molecule has 84 valence electrons. The van der Waals surface area contributed by atoms with Crippen LogP contribution in [0.25, 0.3) is 0 Å². The van der Waals surface area contributed by atoms with Crippen LogP contribution in [-0.4, -0.2) is 15.0 Å². The van der Waals surface area contributed by atoms with Gasteiger partial charge >= 0.3 is 0 Å². The lowest BCUT2D eigenvalue weighted by atomic mass is 10.2. The molecule has 1 N–H and O–H groups in total. The Bertz CT molecular complexity index is 443. The van der Waals surface area contributed by atoms with E-state index >= 15 is 0 Å². The summed E-state index contributed by atoms with van der Waals surface area (Å²) >= 11 is 5.66. The van der Waals surface area contributed by atoms with Gasteiger partial charge in [-0.1, -0.05) is 19.1 Å². The van der Waals surface area contributed by atoms with Crippen LogP contribution in [0.1, 0.15) is 18.1 Å². The summed E-state index contributed by atoms with van der Waals surface area (Å²) in [7, 11) is -3.38. The van der Waals surface area contributed by atoms with Gasteiger partial charge in [0.1, 0.15) is 0 Å². The zero-order valence-electron chi connectivity index (χ0n) is 8.75. The SMILES string of the molecule is CCNS(=O)(=O)c1cc(CCl)ccc1C. The summed E-state index contributed by atoms with van der Waals surface area (Å²) in [5.74, 6) is 0.314. The number of halogens is 1. The summed E-state index contributed by atoms with van der Waals surface area (Å²) in [5.41, 5.74) is 1.53. The number of aryl methyl sites for hydroxylation is 1. The van der Waals surface area contributed by atoms with Gasteiger partial charge in [0.2, 0.25) is 10.0 Å². The lowest BCUT2D eigenvalue weighted by Gasteiger charge is -2.08. The van der Waals surface area contributed by atoms with Gasteiger partial charge in [0.15, 0.2) is 0 Å². The molecular weight excluding hydrogens is 234 g/mol. The topological polar surface area (TPSA) is 46.2 Å². The number of benzene rings is 1. The normalized spacial score (nSPS) is 11.7. The standard InChI is InChI=1S/C10H14ClNO2S/c1-3-12-15(13,14)10-6-9(7-11)5-4-8(10)2/h4-6,12H,3,7H2,1-2H3. The van der Waals surface area contributed by atoms with Gasteiger partial charge in [-0.3, -0.25) is 0 Å². The highest BCUT2D eigenvalue weighted by molar-refractivity contribution is 7.89. The summed E-state index contributed by atoms with van der Waals surface area (Å²) in [6.07, 6.45) is 0. The van der Waals surface area contributed by atoms with E-state index in [-0.39, 0.29) is 0 Å². The molecule has 0 heterocycles. The van der Waals surface area contributed by atoms with Gasteiger partial charge in [-0.15, -0.1) is 11.6 Å². The molecule has 1 aromatic carbocycles. The molecule has 15 heavy (non-hydrogen) atoms. The Labute approximate surface area is 95.5 Å². The molecule has 0 unspecified atom stereocenters. The number of alkyl halides is 1. The van der Waals surface area contributed by atoms with E-state index in [2.05, 4.69) is 4.72 Å². The Balaban J connectivity index is 3.24. The van der Waals surface area contributed by atoms with E-state index in [9.17, 15) is 8.42 Å². The molecule has 0 saturated carbocycles. The van der Waals surface area contributed by atoms with E-state index in [1.54, 1.807) is 26.0 Å². The zero-order valence-corrected chi connectivity index (χ0v) is 10.3. The highest BCUT2D eigenvalue weighted by atomic mass is 35.5. The van der Waals surface area contributed by atoms with Crippen molar-refractivity contribution in [3.05, 3.63) is 29.3 Å². The van der Waals surface area contributed by atoms with Crippen LogP contribution >= 0.6 is 11.6 Å². The summed E-state index contributed by atoms with van der Waals surface area (Å²) in [5, 5.41) is 0. The molecule has 3 nitrogen and oxygen atoms in total. The Morgan fingerprint density at radius 2 is 2.07 bits per heavy atom. The second kappa shape index (κ2) is 4.96. The Hall–Kier alpha value is -0.580. The second-order valence-electron chi connectivity index (χ2n) is 3.23. The molecule has 0 atom stereocenters. The molecule has 0 aliphatic heterocycles. The minimum atomic E-state index is -3.38. The van der Waals surface area contributed by atoms with Crippen molar-refractivity contribution in [2.45, 2.75) is 24.6 Å². The third-order valence-corrected chi connectivity index (χ3v) is 4.03. The van der Waals surface area contributed by atoms with E-state index < -0.39 is 10.0 Å². The quantitative estimate of drug-likeness (QED) is 0.828. The van der Waals surface area contributed by atoms with Crippen LogP contribution in [-0.2, 0) is 15.9 Å². The van der Waals surface area contributed by atoms with Gasteiger partial charge in [0.25, 0.3) is 0 Å². The third kappa shape index (κ3) is 2.93. The van der Waals surface area contributed by atoms with Crippen LogP contribution in [0.2, 0.25) is 0 Å². The van der Waals surface area contributed by atoms with Crippen molar-refractivity contribution in [2.75, 3.05) is 6.54 Å². The first-order chi connectivity index (χ1) is 7.01. The predicted molar refractivity (Wildman–Crippen MR) is 61.6 cm³/mol. The van der Waals surface area contributed by atoms with E-state index in [1.807, 2.05) is 6.07 Å². The van der Waals surface area contributed by atoms with Crippen LogP contribution in [0.15, 0.2) is 23.1 Å². The Kier molecular flexibility index (Phi) is 4.13. The van der Waals surface area contributed by atoms with Crippen LogP contribution in [0.4, 0.5) is 0 Å². The first-order valence-electron chi connectivity index (χ1n) is 4.66. The van der Waals surface area contributed by atoms with Crippen LogP contribution < -0.4 is 4.72 Å². The van der Waals surface area contributed by atoms with E-state index in [0.717, 1.165) is 11.1 Å². The van der Waals surface area contributed by atoms with Crippen LogP contribution in [0, 0.1) is 6.92 Å². The number of nitrogens with one attached hydrogen (secondary N) is 1. The maximum absolute atomic E-state index is 11.8. The van der Waals surface area contributed by atoms with Gasteiger partial charge in [-0.05, 0) is 24.1 Å². The molecule has 0 bridgehead atoms. The molecule has 0 amide bonds. The molecule has 1 rings (SSSR count). The predicted octanol–water partition coefficient (Wildman–Crippen LogP) is 2.03. The molecule has 0 saturated heterocycles. The van der Waals surface area contributed by atoms with Crippen LogP contribution in [0.5, 0.6) is 0 Å². The molecule has 0 aromatic heterocycles. The Morgan fingerprint density at radius 1 is 1.40 bits per heavy atom. The van der Waals surface area contributed by atoms with Gasteiger partial charge in [0.05, 0.1) is 4.90 Å². The summed E-state index contributed by atoms with van der Waals surface area (Å²) < 4.78 is 26.0. The number of rotatable bonds is 4.